The Kier molecular flexibility index (Phi) is 7.83. The topological polar surface area (TPSA) is 90.7 Å². The van der Waals surface area contributed by atoms with E-state index in [2.05, 4.69) is 4.98 Å². The Labute approximate surface area is 199 Å². The predicted molar refractivity (Wildman–Crippen MR) is 127 cm³/mol. The number of pyridine rings is 1. The summed E-state index contributed by atoms with van der Waals surface area (Å²) in [5.74, 6) is -0.409. The Bertz CT molecular complexity index is 1180. The molecule has 0 saturated carbocycles. The third-order valence-corrected chi connectivity index (χ3v) is 5.80. The van der Waals surface area contributed by atoms with Gasteiger partial charge in [0.25, 0.3) is 5.91 Å². The highest BCUT2D eigenvalue weighted by Crippen LogP contribution is 2.25. The highest BCUT2D eigenvalue weighted by Gasteiger charge is 2.28. The van der Waals surface area contributed by atoms with Crippen molar-refractivity contribution >= 4 is 17.7 Å². The van der Waals surface area contributed by atoms with E-state index >= 15 is 0 Å². The van der Waals surface area contributed by atoms with E-state index in [1.165, 1.54) is 12.0 Å². The summed E-state index contributed by atoms with van der Waals surface area (Å²) in [4.78, 5) is 44.9. The number of hydrogen-bond acceptors (Lipinski definition) is 6. The van der Waals surface area contributed by atoms with Crippen LogP contribution < -0.4 is 4.74 Å². The van der Waals surface area contributed by atoms with Crippen molar-refractivity contribution in [1.29, 1.82) is 0 Å². The van der Waals surface area contributed by atoms with E-state index in [-0.39, 0.29) is 24.8 Å². The van der Waals surface area contributed by atoms with Crippen LogP contribution in [-0.4, -0.2) is 52.9 Å². The van der Waals surface area contributed by atoms with Crippen molar-refractivity contribution in [2.45, 2.75) is 33.9 Å². The van der Waals surface area contributed by atoms with Crippen molar-refractivity contribution in [2.75, 3.05) is 20.8 Å². The van der Waals surface area contributed by atoms with Gasteiger partial charge in [0.2, 0.25) is 0 Å². The lowest BCUT2D eigenvalue weighted by Crippen LogP contribution is -2.35. The summed E-state index contributed by atoms with van der Waals surface area (Å²) in [6.45, 7) is 5.99. The molecule has 0 unspecified atom stereocenters. The highest BCUT2D eigenvalue weighted by atomic mass is 16.5. The summed E-state index contributed by atoms with van der Waals surface area (Å²) in [6, 6.07) is 10.4. The van der Waals surface area contributed by atoms with Gasteiger partial charge in [0.15, 0.2) is 5.78 Å². The molecule has 178 valence electrons. The number of carbonyl (C=O) groups is 3. The lowest BCUT2D eigenvalue weighted by molar-refractivity contribution is 0.0587. The number of ketones is 1. The predicted octanol–water partition coefficient (Wildman–Crippen LogP) is 3.84. The molecule has 0 spiro atoms. The van der Waals surface area contributed by atoms with E-state index in [0.29, 0.717) is 40.4 Å². The Balaban J connectivity index is 1.97. The summed E-state index contributed by atoms with van der Waals surface area (Å²) in [7, 11) is 2.87. The van der Waals surface area contributed by atoms with E-state index < -0.39 is 5.97 Å². The smallest absolute Gasteiger partial charge is 0.354 e. The van der Waals surface area contributed by atoms with Crippen molar-refractivity contribution < 1.29 is 23.9 Å². The second-order valence-electron chi connectivity index (χ2n) is 7.84. The van der Waals surface area contributed by atoms with Gasteiger partial charge in [-0.05, 0) is 62.2 Å². The zero-order valence-electron chi connectivity index (χ0n) is 20.1. The molecule has 34 heavy (non-hydrogen) atoms. The molecule has 0 atom stereocenters. The number of methoxy groups -OCH3 is 2. The second-order valence-corrected chi connectivity index (χ2v) is 7.84. The van der Waals surface area contributed by atoms with Gasteiger partial charge in [-0.15, -0.1) is 0 Å². The number of ether oxygens (including phenoxy) is 2. The largest absolute Gasteiger partial charge is 0.497 e. The molecule has 0 bridgehead atoms. The Morgan fingerprint density at radius 3 is 2.32 bits per heavy atom. The minimum atomic E-state index is -0.497. The molecular weight excluding hydrogens is 434 g/mol. The molecule has 0 radical (unpaired) electrons. The molecule has 2 heterocycles. The number of amides is 1. The summed E-state index contributed by atoms with van der Waals surface area (Å²) < 4.78 is 11.9. The van der Waals surface area contributed by atoms with Crippen molar-refractivity contribution in [2.24, 2.45) is 0 Å². The maximum absolute atomic E-state index is 13.5. The number of carbonyl (C=O) groups excluding carboxylic acids is 3. The van der Waals surface area contributed by atoms with E-state index in [0.717, 1.165) is 5.56 Å². The normalized spacial score (nSPS) is 10.6. The van der Waals surface area contributed by atoms with Gasteiger partial charge in [-0.1, -0.05) is 6.07 Å². The van der Waals surface area contributed by atoms with E-state index in [1.807, 2.05) is 13.0 Å². The molecule has 1 amide bonds. The van der Waals surface area contributed by atoms with Crippen LogP contribution in [0.1, 0.15) is 54.9 Å². The monoisotopic (exact) mass is 463 g/mol. The molecule has 2 aromatic heterocycles. The molecule has 0 saturated heterocycles. The first-order chi connectivity index (χ1) is 16.3. The molecular formula is C26H29N3O5. The molecule has 0 fully saturated rings. The number of Topliss-reactive ketones (excluding diaryl/α,β-unsaturated/α-hetero) is 1. The van der Waals surface area contributed by atoms with E-state index in [9.17, 15) is 14.4 Å². The molecule has 1 aromatic carbocycles. The first-order valence-electron chi connectivity index (χ1n) is 11.0. The van der Waals surface area contributed by atoms with Crippen LogP contribution in [0.15, 0.2) is 48.8 Å². The number of nitrogens with zero attached hydrogens (tertiary/aromatic N) is 3. The van der Waals surface area contributed by atoms with Gasteiger partial charge in [0.05, 0.1) is 20.8 Å². The van der Waals surface area contributed by atoms with Crippen LogP contribution in [-0.2, 0) is 17.8 Å². The number of aromatic nitrogens is 2. The van der Waals surface area contributed by atoms with Crippen molar-refractivity contribution in [3.05, 3.63) is 82.4 Å². The summed E-state index contributed by atoms with van der Waals surface area (Å²) in [5.41, 5.74) is 3.24. The number of esters is 1. The van der Waals surface area contributed by atoms with Gasteiger partial charge in [-0.25, -0.2) is 4.79 Å². The van der Waals surface area contributed by atoms with Crippen LogP contribution in [0, 0.1) is 13.8 Å². The van der Waals surface area contributed by atoms with Gasteiger partial charge >= 0.3 is 5.97 Å². The SMILES string of the molecule is CCn1c(C)c(C(=O)CN(Cc2cccnc2)C(=O)c2ccc(OC)cc2)c(C)c1C(=O)OC. The number of benzene rings is 1. The fraction of sp³-hybridized carbons (Fsp3) is 0.308. The zero-order chi connectivity index (χ0) is 24.8. The first kappa shape index (κ1) is 24.7. The third kappa shape index (κ3) is 5.01. The molecule has 0 aliphatic carbocycles. The lowest BCUT2D eigenvalue weighted by Gasteiger charge is -2.22. The van der Waals surface area contributed by atoms with Crippen molar-refractivity contribution in [1.82, 2.24) is 14.5 Å². The summed E-state index contributed by atoms with van der Waals surface area (Å²) >= 11 is 0. The molecule has 0 aliphatic heterocycles. The van der Waals surface area contributed by atoms with Crippen LogP contribution in [0.5, 0.6) is 5.75 Å². The van der Waals surface area contributed by atoms with Crippen LogP contribution in [0.2, 0.25) is 0 Å². The Hall–Kier alpha value is -3.94. The van der Waals surface area contributed by atoms with Crippen LogP contribution in [0.4, 0.5) is 0 Å². The summed E-state index contributed by atoms with van der Waals surface area (Å²) in [6.07, 6.45) is 3.32. The average molecular weight is 464 g/mol. The highest BCUT2D eigenvalue weighted by molar-refractivity contribution is 6.06. The quantitative estimate of drug-likeness (QED) is 0.354. The standard InChI is InChI=1S/C26H29N3O5/c1-6-29-18(3)23(17(2)24(29)26(32)34-5)22(30)16-28(15-19-8-7-13-27-14-19)25(31)20-9-11-21(33-4)12-10-20/h7-14H,6,15-16H2,1-5H3. The van der Waals surface area contributed by atoms with Crippen molar-refractivity contribution in [3.63, 3.8) is 0 Å². The first-order valence-corrected chi connectivity index (χ1v) is 11.0. The Morgan fingerprint density at radius 2 is 1.76 bits per heavy atom. The van der Waals surface area contributed by atoms with Crippen molar-refractivity contribution in [3.8, 4) is 5.75 Å². The number of hydrogen-bond donors (Lipinski definition) is 0. The zero-order valence-corrected chi connectivity index (χ0v) is 20.1. The molecule has 8 nitrogen and oxygen atoms in total. The van der Waals surface area contributed by atoms with E-state index in [1.54, 1.807) is 68.2 Å². The second kappa shape index (κ2) is 10.8. The van der Waals surface area contributed by atoms with Gasteiger partial charge in [-0.2, -0.15) is 0 Å². The minimum absolute atomic E-state index is 0.157. The Morgan fingerprint density at radius 1 is 1.06 bits per heavy atom. The van der Waals surface area contributed by atoms with Gasteiger partial charge < -0.3 is 18.9 Å². The van der Waals surface area contributed by atoms with Gasteiger partial charge in [0, 0.05) is 42.3 Å². The van der Waals surface area contributed by atoms with E-state index in [4.69, 9.17) is 9.47 Å². The fourth-order valence-corrected chi connectivity index (χ4v) is 4.14. The molecule has 0 aliphatic rings. The maximum atomic E-state index is 13.5. The van der Waals surface area contributed by atoms with Gasteiger partial charge in [0.1, 0.15) is 11.4 Å². The molecule has 3 rings (SSSR count). The molecule has 0 N–H and O–H groups in total. The average Bonchev–Trinajstić information content (AvgIpc) is 3.12. The fourth-order valence-electron chi connectivity index (χ4n) is 4.14. The van der Waals surface area contributed by atoms with Gasteiger partial charge in [-0.3, -0.25) is 14.6 Å². The van der Waals surface area contributed by atoms with Crippen LogP contribution in [0.25, 0.3) is 0 Å². The maximum Gasteiger partial charge on any atom is 0.354 e. The minimum Gasteiger partial charge on any atom is -0.497 e. The molecule has 3 aromatic rings. The summed E-state index contributed by atoms with van der Waals surface area (Å²) in [5, 5.41) is 0. The third-order valence-electron chi connectivity index (χ3n) is 5.80. The van der Waals surface area contributed by atoms with Crippen LogP contribution >= 0.6 is 0 Å². The van der Waals surface area contributed by atoms with Crippen LogP contribution in [0.3, 0.4) is 0 Å². The molecule has 8 heteroatoms. The number of rotatable bonds is 9. The lowest BCUT2D eigenvalue weighted by atomic mass is 10.0.